The van der Waals surface area contributed by atoms with Gasteiger partial charge in [-0.2, -0.15) is 0 Å². The first-order valence-electron chi connectivity index (χ1n) is 4.54. The summed E-state index contributed by atoms with van der Waals surface area (Å²) in [4.78, 5) is 12.1. The quantitative estimate of drug-likeness (QED) is 0.471. The number of benzene rings is 1. The Morgan fingerprint density at radius 2 is 1.72 bits per heavy atom. The number of thiophene rings is 1. The highest BCUT2D eigenvalue weighted by atomic mass is 79.9. The third kappa shape index (κ3) is 2.66. The topological polar surface area (TPSA) is 17.1 Å². The van der Waals surface area contributed by atoms with Gasteiger partial charge >= 0.3 is 0 Å². The highest BCUT2D eigenvalue weighted by Gasteiger charge is 2.20. The minimum atomic E-state index is -1.10. The van der Waals surface area contributed by atoms with Gasteiger partial charge in [-0.05, 0) is 50.1 Å². The molecular formula is C11H3Br2ClF2OS. The van der Waals surface area contributed by atoms with E-state index in [1.807, 2.05) is 0 Å². The summed E-state index contributed by atoms with van der Waals surface area (Å²) in [6, 6.07) is 3.19. The molecule has 0 unspecified atom stereocenters. The molecule has 0 N–H and O–H groups in total. The van der Waals surface area contributed by atoms with Crippen molar-refractivity contribution < 1.29 is 13.6 Å². The van der Waals surface area contributed by atoms with Crippen LogP contribution in [0.25, 0.3) is 0 Å². The summed E-state index contributed by atoms with van der Waals surface area (Å²) in [7, 11) is 0. The molecule has 7 heteroatoms. The van der Waals surface area contributed by atoms with Gasteiger partial charge in [0.15, 0.2) is 17.4 Å². The summed E-state index contributed by atoms with van der Waals surface area (Å²) in [6.07, 6.45) is 0. The first-order valence-corrected chi connectivity index (χ1v) is 7.32. The van der Waals surface area contributed by atoms with Gasteiger partial charge in [0.2, 0.25) is 0 Å². The van der Waals surface area contributed by atoms with Crippen molar-refractivity contribution in [3.63, 3.8) is 0 Å². The molecule has 1 aromatic heterocycles. The highest BCUT2D eigenvalue weighted by molar-refractivity contribution is 9.12. The van der Waals surface area contributed by atoms with E-state index in [0.29, 0.717) is 9.35 Å². The number of carbonyl (C=O) groups is 1. The Bertz CT molecular complexity index is 642. The van der Waals surface area contributed by atoms with E-state index in [0.717, 1.165) is 15.9 Å². The average molecular weight is 416 g/mol. The maximum absolute atomic E-state index is 13.1. The normalized spacial score (nSPS) is 10.7. The maximum atomic E-state index is 13.1. The third-order valence-corrected chi connectivity index (χ3v) is 4.81. The van der Waals surface area contributed by atoms with Crippen LogP contribution in [-0.2, 0) is 0 Å². The van der Waals surface area contributed by atoms with Crippen molar-refractivity contribution in [3.8, 4) is 0 Å². The smallest absolute Gasteiger partial charge is 0.196 e. The van der Waals surface area contributed by atoms with Crippen molar-refractivity contribution in [2.45, 2.75) is 0 Å². The van der Waals surface area contributed by atoms with Crippen LogP contribution < -0.4 is 0 Å². The van der Waals surface area contributed by atoms with Crippen LogP contribution in [0, 0.1) is 11.6 Å². The van der Waals surface area contributed by atoms with Crippen LogP contribution in [0.5, 0.6) is 0 Å². The first kappa shape index (κ1) is 14.1. The fourth-order valence-electron chi connectivity index (χ4n) is 1.34. The molecule has 0 spiro atoms. The molecule has 2 rings (SSSR count). The van der Waals surface area contributed by atoms with Crippen LogP contribution in [0.2, 0.25) is 5.02 Å². The van der Waals surface area contributed by atoms with E-state index in [-0.39, 0.29) is 10.6 Å². The molecule has 2 aromatic rings. The van der Waals surface area contributed by atoms with E-state index < -0.39 is 17.4 Å². The molecule has 1 aromatic carbocycles. The molecule has 0 saturated heterocycles. The summed E-state index contributed by atoms with van der Waals surface area (Å²) >= 11 is 13.5. The number of ketones is 1. The summed E-state index contributed by atoms with van der Waals surface area (Å²) in [5.74, 6) is -2.65. The zero-order valence-electron chi connectivity index (χ0n) is 8.44. The second-order valence-electron chi connectivity index (χ2n) is 3.31. The molecule has 0 bridgehead atoms. The van der Waals surface area contributed by atoms with Crippen molar-refractivity contribution in [1.29, 1.82) is 0 Å². The van der Waals surface area contributed by atoms with Gasteiger partial charge in [-0.3, -0.25) is 4.79 Å². The molecular weight excluding hydrogens is 413 g/mol. The lowest BCUT2D eigenvalue weighted by atomic mass is 10.1. The van der Waals surface area contributed by atoms with Crippen LogP contribution in [-0.4, -0.2) is 5.78 Å². The van der Waals surface area contributed by atoms with Crippen LogP contribution in [0.1, 0.15) is 15.9 Å². The van der Waals surface area contributed by atoms with E-state index in [2.05, 4.69) is 31.9 Å². The number of rotatable bonds is 2. The fraction of sp³-hybridized carbons (Fsp3) is 0. The Morgan fingerprint density at radius 1 is 1.11 bits per heavy atom. The van der Waals surface area contributed by atoms with Crippen molar-refractivity contribution in [2.75, 3.05) is 0 Å². The van der Waals surface area contributed by atoms with Crippen molar-refractivity contribution in [3.05, 3.63) is 53.6 Å². The first-order chi connectivity index (χ1) is 8.40. The molecule has 0 saturated carbocycles. The average Bonchev–Trinajstić information content (AvgIpc) is 2.62. The fourth-order valence-corrected chi connectivity index (χ4v) is 4.37. The number of hydrogen-bond acceptors (Lipinski definition) is 2. The lowest BCUT2D eigenvalue weighted by Gasteiger charge is -2.03. The van der Waals surface area contributed by atoms with E-state index in [1.54, 1.807) is 6.07 Å². The standard InChI is InChI=1S/C11H3Br2ClF2OS/c12-9-2-5(11(13)18-9)10(17)4-1-7(15)8(16)3-6(4)14/h1-3H. The van der Waals surface area contributed by atoms with Gasteiger partial charge in [0.1, 0.15) is 0 Å². The number of carbonyl (C=O) groups excluding carboxylic acids is 1. The molecule has 94 valence electrons. The van der Waals surface area contributed by atoms with Crippen molar-refractivity contribution >= 4 is 60.6 Å². The number of hydrogen-bond donors (Lipinski definition) is 0. The zero-order valence-corrected chi connectivity index (χ0v) is 13.2. The molecule has 0 fully saturated rings. The summed E-state index contributed by atoms with van der Waals surface area (Å²) in [6.45, 7) is 0. The molecule has 0 amide bonds. The molecule has 0 aliphatic rings. The third-order valence-electron chi connectivity index (χ3n) is 2.16. The Balaban J connectivity index is 2.53. The minimum absolute atomic E-state index is 0.0680. The van der Waals surface area contributed by atoms with Crippen molar-refractivity contribution in [2.24, 2.45) is 0 Å². The molecule has 0 atom stereocenters. The predicted octanol–water partition coefficient (Wildman–Crippen LogP) is 5.44. The molecule has 0 radical (unpaired) electrons. The van der Waals surface area contributed by atoms with E-state index >= 15 is 0 Å². The van der Waals surface area contributed by atoms with E-state index in [4.69, 9.17) is 11.6 Å². The lowest BCUT2D eigenvalue weighted by Crippen LogP contribution is -2.03. The summed E-state index contributed by atoms with van der Waals surface area (Å²) in [5, 5.41) is -0.117. The van der Waals surface area contributed by atoms with Crippen LogP contribution in [0.4, 0.5) is 8.78 Å². The second kappa shape index (κ2) is 5.36. The minimum Gasteiger partial charge on any atom is -0.288 e. The van der Waals surface area contributed by atoms with Crippen LogP contribution >= 0.6 is 54.8 Å². The monoisotopic (exact) mass is 414 g/mol. The van der Waals surface area contributed by atoms with Gasteiger partial charge in [0.05, 0.1) is 12.6 Å². The Kier molecular flexibility index (Phi) is 4.21. The number of halogens is 5. The van der Waals surface area contributed by atoms with Gasteiger partial charge in [0.25, 0.3) is 0 Å². The second-order valence-corrected chi connectivity index (χ2v) is 7.47. The zero-order chi connectivity index (χ0) is 13.4. The predicted molar refractivity (Wildman–Crippen MR) is 74.5 cm³/mol. The van der Waals surface area contributed by atoms with Crippen LogP contribution in [0.15, 0.2) is 25.8 Å². The lowest BCUT2D eigenvalue weighted by molar-refractivity contribution is 0.103. The molecule has 1 heterocycles. The van der Waals surface area contributed by atoms with Gasteiger partial charge in [-0.25, -0.2) is 8.78 Å². The van der Waals surface area contributed by atoms with E-state index in [1.165, 1.54) is 11.3 Å². The Morgan fingerprint density at radius 3 is 2.28 bits per heavy atom. The van der Waals surface area contributed by atoms with Gasteiger partial charge in [-0.15, -0.1) is 11.3 Å². The SMILES string of the molecule is O=C(c1cc(F)c(F)cc1Cl)c1cc(Br)sc1Br. The van der Waals surface area contributed by atoms with E-state index in [9.17, 15) is 13.6 Å². The van der Waals surface area contributed by atoms with Crippen LogP contribution in [0.3, 0.4) is 0 Å². The van der Waals surface area contributed by atoms with Crippen molar-refractivity contribution in [1.82, 2.24) is 0 Å². The van der Waals surface area contributed by atoms with Gasteiger partial charge in [0, 0.05) is 11.1 Å². The molecule has 0 aliphatic carbocycles. The largest absolute Gasteiger partial charge is 0.288 e. The highest BCUT2D eigenvalue weighted by Crippen LogP contribution is 2.34. The maximum Gasteiger partial charge on any atom is 0.196 e. The van der Waals surface area contributed by atoms with Gasteiger partial charge in [-0.1, -0.05) is 11.6 Å². The Hall–Kier alpha value is -0.300. The summed E-state index contributed by atoms with van der Waals surface area (Å²) < 4.78 is 27.4. The summed E-state index contributed by atoms with van der Waals surface area (Å²) in [5.41, 5.74) is 0.279. The molecule has 1 nitrogen and oxygen atoms in total. The molecule has 0 aliphatic heterocycles. The van der Waals surface area contributed by atoms with Gasteiger partial charge < -0.3 is 0 Å². The Labute approximate surface area is 127 Å². The molecule has 18 heavy (non-hydrogen) atoms.